The number of hydrogen-bond donors (Lipinski definition) is 2. The number of nitrogens with one attached hydrogen (secondary N) is 1. The summed E-state index contributed by atoms with van der Waals surface area (Å²) >= 11 is 1.58. The summed E-state index contributed by atoms with van der Waals surface area (Å²) in [6.07, 6.45) is -1.66. The molecule has 0 aliphatic heterocycles. The van der Waals surface area contributed by atoms with E-state index in [1.165, 1.54) is 10.9 Å². The lowest BCUT2D eigenvalue weighted by Gasteiger charge is -2.16. The lowest BCUT2D eigenvalue weighted by atomic mass is 10.1. The average molecular weight is 315 g/mol. The first-order chi connectivity index (χ1) is 9.81. The van der Waals surface area contributed by atoms with Gasteiger partial charge in [0, 0.05) is 11.1 Å². The number of benzene rings is 1. The van der Waals surface area contributed by atoms with Crippen molar-refractivity contribution in [3.8, 4) is 0 Å². The van der Waals surface area contributed by atoms with E-state index >= 15 is 0 Å². The molecule has 0 amide bonds. The van der Waals surface area contributed by atoms with Gasteiger partial charge in [-0.1, -0.05) is 6.92 Å². The van der Waals surface area contributed by atoms with Crippen molar-refractivity contribution >= 4 is 22.7 Å². The molecular formula is C14H16F3N3S. The third kappa shape index (κ3) is 3.66. The van der Waals surface area contributed by atoms with Crippen LogP contribution >= 0.6 is 11.3 Å². The maximum Gasteiger partial charge on any atom is 0.416 e. The molecule has 0 spiro atoms. The van der Waals surface area contributed by atoms with Gasteiger partial charge < -0.3 is 11.1 Å². The van der Waals surface area contributed by atoms with Crippen LogP contribution in [0.15, 0.2) is 24.4 Å². The normalized spacial score (nSPS) is 13.2. The number of nitrogens with zero attached hydrogens (tertiary/aromatic N) is 1. The number of rotatable bonds is 4. The van der Waals surface area contributed by atoms with Crippen molar-refractivity contribution in [2.24, 2.45) is 0 Å². The molecule has 0 aliphatic carbocycles. The summed E-state index contributed by atoms with van der Waals surface area (Å²) in [6, 6.07) is 3.19. The van der Waals surface area contributed by atoms with Gasteiger partial charge in [0.25, 0.3) is 0 Å². The summed E-state index contributed by atoms with van der Waals surface area (Å²) in [4.78, 5) is 5.47. The van der Waals surface area contributed by atoms with Crippen molar-refractivity contribution in [3.05, 3.63) is 39.8 Å². The Bertz CT molecular complexity index is 622. The third-order valence-corrected chi connectivity index (χ3v) is 4.37. The molecule has 1 unspecified atom stereocenters. The van der Waals surface area contributed by atoms with Gasteiger partial charge in [-0.15, -0.1) is 11.3 Å². The van der Waals surface area contributed by atoms with Crippen LogP contribution in [0.4, 0.5) is 24.5 Å². The summed E-state index contributed by atoms with van der Waals surface area (Å²) < 4.78 is 37.8. The molecule has 0 aliphatic rings. The summed E-state index contributed by atoms with van der Waals surface area (Å²) in [6.45, 7) is 3.94. The number of halogens is 3. The molecule has 1 aromatic heterocycles. The minimum atomic E-state index is -4.39. The van der Waals surface area contributed by atoms with Gasteiger partial charge in [0.15, 0.2) is 0 Å². The van der Waals surface area contributed by atoms with E-state index in [0.717, 1.165) is 23.6 Å². The quantitative estimate of drug-likeness (QED) is 0.818. The van der Waals surface area contributed by atoms with Crippen LogP contribution in [0.3, 0.4) is 0 Å². The van der Waals surface area contributed by atoms with E-state index in [1.54, 1.807) is 11.3 Å². The van der Waals surface area contributed by atoms with Crippen molar-refractivity contribution < 1.29 is 13.2 Å². The fraction of sp³-hybridized carbons (Fsp3) is 0.357. The predicted octanol–water partition coefficient (Wildman–Crippen LogP) is 4.48. The highest BCUT2D eigenvalue weighted by molar-refractivity contribution is 7.11. The number of alkyl halides is 3. The second kappa shape index (κ2) is 5.93. The topological polar surface area (TPSA) is 50.9 Å². The standard InChI is InChI=1S/C14H16F3N3S/c1-3-10-7-19-13(21-10)8(2)20-12-5-4-9(6-11(12)18)14(15,16)17/h4-8,20H,3,18H2,1-2H3. The van der Waals surface area contributed by atoms with Crippen molar-refractivity contribution in [1.29, 1.82) is 0 Å². The predicted molar refractivity (Wildman–Crippen MR) is 79.4 cm³/mol. The second-order valence-corrected chi connectivity index (χ2v) is 5.83. The van der Waals surface area contributed by atoms with E-state index in [2.05, 4.69) is 10.3 Å². The van der Waals surface area contributed by atoms with Crippen molar-refractivity contribution in [3.63, 3.8) is 0 Å². The van der Waals surface area contributed by atoms with E-state index in [9.17, 15) is 13.2 Å². The van der Waals surface area contributed by atoms with E-state index in [4.69, 9.17) is 5.73 Å². The SMILES string of the molecule is CCc1cnc(C(C)Nc2ccc(C(F)(F)F)cc2N)s1. The molecule has 3 nitrogen and oxygen atoms in total. The Labute approximate surface area is 125 Å². The smallest absolute Gasteiger partial charge is 0.397 e. The maximum absolute atomic E-state index is 12.6. The Balaban J connectivity index is 2.16. The molecule has 1 atom stereocenters. The molecule has 0 saturated heterocycles. The molecule has 0 bridgehead atoms. The Morgan fingerprint density at radius 2 is 2.10 bits per heavy atom. The largest absolute Gasteiger partial charge is 0.416 e. The first-order valence-electron chi connectivity index (χ1n) is 6.49. The van der Waals surface area contributed by atoms with Gasteiger partial charge in [-0.2, -0.15) is 13.2 Å². The molecule has 0 radical (unpaired) electrons. The molecule has 2 rings (SSSR count). The Morgan fingerprint density at radius 1 is 1.38 bits per heavy atom. The molecule has 1 heterocycles. The highest BCUT2D eigenvalue weighted by atomic mass is 32.1. The van der Waals surface area contributed by atoms with Gasteiger partial charge in [0.2, 0.25) is 0 Å². The second-order valence-electron chi connectivity index (χ2n) is 4.68. The zero-order valence-electron chi connectivity index (χ0n) is 11.7. The summed E-state index contributed by atoms with van der Waals surface area (Å²) in [5.74, 6) is 0. The van der Waals surface area contributed by atoms with Crippen molar-refractivity contribution in [2.45, 2.75) is 32.5 Å². The fourth-order valence-electron chi connectivity index (χ4n) is 1.85. The number of thiazole rings is 1. The molecule has 1 aromatic carbocycles. The van der Waals surface area contributed by atoms with E-state index in [-0.39, 0.29) is 11.7 Å². The van der Waals surface area contributed by atoms with Gasteiger partial charge in [0.05, 0.1) is 23.0 Å². The molecule has 114 valence electrons. The van der Waals surface area contributed by atoms with Gasteiger partial charge in [-0.05, 0) is 31.5 Å². The highest BCUT2D eigenvalue weighted by Crippen LogP contribution is 2.34. The maximum atomic E-state index is 12.6. The number of aromatic nitrogens is 1. The molecule has 21 heavy (non-hydrogen) atoms. The van der Waals surface area contributed by atoms with Crippen LogP contribution in [-0.4, -0.2) is 4.98 Å². The molecular weight excluding hydrogens is 299 g/mol. The molecule has 0 fully saturated rings. The van der Waals surface area contributed by atoms with Crippen LogP contribution in [0.5, 0.6) is 0 Å². The highest BCUT2D eigenvalue weighted by Gasteiger charge is 2.30. The van der Waals surface area contributed by atoms with Crippen LogP contribution in [-0.2, 0) is 12.6 Å². The average Bonchev–Trinajstić information content (AvgIpc) is 2.88. The number of hydrogen-bond acceptors (Lipinski definition) is 4. The van der Waals surface area contributed by atoms with Crippen LogP contribution in [0.25, 0.3) is 0 Å². The van der Waals surface area contributed by atoms with Crippen LogP contribution in [0, 0.1) is 0 Å². The summed E-state index contributed by atoms with van der Waals surface area (Å²) in [7, 11) is 0. The zero-order chi connectivity index (χ0) is 15.6. The van der Waals surface area contributed by atoms with Crippen LogP contribution < -0.4 is 11.1 Å². The van der Waals surface area contributed by atoms with Gasteiger partial charge >= 0.3 is 6.18 Å². The Hall–Kier alpha value is -1.76. The lowest BCUT2D eigenvalue weighted by Crippen LogP contribution is -2.10. The van der Waals surface area contributed by atoms with Crippen molar-refractivity contribution in [2.75, 3.05) is 11.1 Å². The van der Waals surface area contributed by atoms with Gasteiger partial charge in [-0.25, -0.2) is 4.98 Å². The summed E-state index contributed by atoms with van der Waals surface area (Å²) in [5, 5.41) is 3.98. The Morgan fingerprint density at radius 3 is 2.62 bits per heavy atom. The van der Waals surface area contributed by atoms with E-state index in [1.807, 2.05) is 20.0 Å². The van der Waals surface area contributed by atoms with E-state index < -0.39 is 11.7 Å². The van der Waals surface area contributed by atoms with Gasteiger partial charge in [-0.3, -0.25) is 0 Å². The Kier molecular flexibility index (Phi) is 4.41. The first-order valence-corrected chi connectivity index (χ1v) is 7.30. The molecule has 0 saturated carbocycles. The number of anilines is 2. The number of aryl methyl sites for hydroxylation is 1. The van der Waals surface area contributed by atoms with E-state index in [0.29, 0.717) is 5.69 Å². The lowest BCUT2D eigenvalue weighted by molar-refractivity contribution is -0.137. The molecule has 7 heteroatoms. The molecule has 3 N–H and O–H groups in total. The summed E-state index contributed by atoms with van der Waals surface area (Å²) in [5.41, 5.74) is 5.50. The fourth-order valence-corrected chi connectivity index (χ4v) is 2.71. The number of nitrogen functional groups attached to an aromatic ring is 1. The zero-order valence-corrected chi connectivity index (χ0v) is 12.5. The minimum Gasteiger partial charge on any atom is -0.397 e. The third-order valence-electron chi connectivity index (χ3n) is 3.04. The monoisotopic (exact) mass is 315 g/mol. The van der Waals surface area contributed by atoms with Gasteiger partial charge in [0.1, 0.15) is 5.01 Å². The van der Waals surface area contributed by atoms with Crippen LogP contribution in [0.1, 0.15) is 35.3 Å². The minimum absolute atomic E-state index is 0.0731. The van der Waals surface area contributed by atoms with Crippen LogP contribution in [0.2, 0.25) is 0 Å². The van der Waals surface area contributed by atoms with Crippen molar-refractivity contribution in [1.82, 2.24) is 4.98 Å². The number of nitrogens with two attached hydrogens (primary N) is 1. The molecule has 2 aromatic rings. The first kappa shape index (κ1) is 15.6.